The summed E-state index contributed by atoms with van der Waals surface area (Å²) >= 11 is 0. The van der Waals surface area contributed by atoms with Crippen LogP contribution in [0, 0.1) is 0 Å². The average molecular weight is 217 g/mol. The zero-order valence-electron chi connectivity index (χ0n) is 8.86. The summed E-state index contributed by atoms with van der Waals surface area (Å²) in [4.78, 5) is 3.56. The third-order valence-corrected chi connectivity index (χ3v) is 4.88. The van der Waals surface area contributed by atoms with Crippen molar-refractivity contribution in [3.8, 4) is 0 Å². The van der Waals surface area contributed by atoms with Crippen molar-refractivity contribution in [2.45, 2.75) is 31.0 Å². The number of ether oxygens (including phenoxy) is 1. The Hall–Kier alpha value is -0.643. The highest BCUT2D eigenvalue weighted by molar-refractivity contribution is 6.35. The molecule has 1 aliphatic heterocycles. The Morgan fingerprint density at radius 1 is 1.40 bits per heavy atom. The average Bonchev–Trinajstić information content (AvgIpc) is 2.51. The van der Waals surface area contributed by atoms with Crippen molar-refractivity contribution in [2.24, 2.45) is 0 Å². The SMILES string of the molecule is C[C@@H]1CO[C@@H]2Cc3ccccc3[C@@H]2[Si]N1. The molecule has 2 nitrogen and oxygen atoms in total. The summed E-state index contributed by atoms with van der Waals surface area (Å²) in [6, 6.07) is 9.26. The third kappa shape index (κ3) is 1.65. The van der Waals surface area contributed by atoms with Gasteiger partial charge in [-0.3, -0.25) is 0 Å². The molecule has 1 saturated heterocycles. The molecule has 1 heterocycles. The van der Waals surface area contributed by atoms with E-state index in [0.29, 0.717) is 17.7 Å². The maximum Gasteiger partial charge on any atom is 0.150 e. The molecule has 0 amide bonds. The van der Waals surface area contributed by atoms with E-state index in [1.807, 2.05) is 0 Å². The fourth-order valence-corrected chi connectivity index (χ4v) is 3.81. The van der Waals surface area contributed by atoms with Crippen molar-refractivity contribution in [2.75, 3.05) is 6.61 Å². The van der Waals surface area contributed by atoms with Crippen molar-refractivity contribution >= 4 is 9.68 Å². The maximum absolute atomic E-state index is 5.97. The molecule has 78 valence electrons. The van der Waals surface area contributed by atoms with E-state index in [1.165, 1.54) is 11.1 Å². The van der Waals surface area contributed by atoms with Gasteiger partial charge in [0, 0.05) is 11.6 Å². The molecule has 3 rings (SSSR count). The standard InChI is InChI=1S/C12H15NOSi/c1-8-7-14-11-6-9-4-2-3-5-10(9)12(11)15-13-8/h2-5,8,11-13H,6-7H2,1H3/t8-,11-,12+/m1/s1. The second-order valence-corrected chi connectivity index (χ2v) is 5.64. The van der Waals surface area contributed by atoms with Gasteiger partial charge in [0.1, 0.15) is 9.68 Å². The smallest absolute Gasteiger partial charge is 0.150 e. The van der Waals surface area contributed by atoms with Crippen LogP contribution in [0.5, 0.6) is 0 Å². The Bertz CT molecular complexity index is 368. The van der Waals surface area contributed by atoms with Crippen LogP contribution in [-0.4, -0.2) is 28.4 Å². The summed E-state index contributed by atoms with van der Waals surface area (Å²) in [6.07, 6.45) is 1.51. The number of benzene rings is 1. The zero-order chi connectivity index (χ0) is 10.3. The largest absolute Gasteiger partial charge is 0.376 e. The van der Waals surface area contributed by atoms with Gasteiger partial charge in [0.25, 0.3) is 0 Å². The molecular formula is C12H15NOSi. The van der Waals surface area contributed by atoms with Crippen molar-refractivity contribution in [3.63, 3.8) is 0 Å². The van der Waals surface area contributed by atoms with Crippen molar-refractivity contribution in [1.29, 1.82) is 0 Å². The predicted octanol–water partition coefficient (Wildman–Crippen LogP) is 1.28. The fourth-order valence-electron chi connectivity index (χ4n) is 2.43. The minimum absolute atomic E-state index is 0.415. The van der Waals surface area contributed by atoms with Gasteiger partial charge in [0.15, 0.2) is 0 Å². The van der Waals surface area contributed by atoms with Gasteiger partial charge in [-0.2, -0.15) is 0 Å². The van der Waals surface area contributed by atoms with E-state index in [0.717, 1.165) is 22.7 Å². The van der Waals surface area contributed by atoms with Crippen molar-refractivity contribution in [1.82, 2.24) is 4.98 Å². The Kier molecular flexibility index (Phi) is 2.39. The van der Waals surface area contributed by atoms with Crippen molar-refractivity contribution < 1.29 is 4.74 Å². The topological polar surface area (TPSA) is 21.3 Å². The van der Waals surface area contributed by atoms with Crippen molar-refractivity contribution in [3.05, 3.63) is 35.4 Å². The quantitative estimate of drug-likeness (QED) is 0.661. The van der Waals surface area contributed by atoms with Crippen LogP contribution in [0.2, 0.25) is 0 Å². The normalized spacial score (nSPS) is 34.3. The maximum atomic E-state index is 5.97. The van der Waals surface area contributed by atoms with E-state index in [2.05, 4.69) is 36.2 Å². The molecule has 2 aliphatic rings. The van der Waals surface area contributed by atoms with E-state index in [-0.39, 0.29) is 0 Å². The van der Waals surface area contributed by atoms with E-state index < -0.39 is 0 Å². The highest BCUT2D eigenvalue weighted by Gasteiger charge is 2.35. The molecule has 3 atom stereocenters. The third-order valence-electron chi connectivity index (χ3n) is 3.23. The molecule has 0 spiro atoms. The monoisotopic (exact) mass is 217 g/mol. The molecule has 1 fully saturated rings. The van der Waals surface area contributed by atoms with Crippen LogP contribution in [-0.2, 0) is 11.2 Å². The first-order valence-electron chi connectivity index (χ1n) is 5.55. The van der Waals surface area contributed by atoms with Gasteiger partial charge in [-0.1, -0.05) is 24.3 Å². The summed E-state index contributed by atoms with van der Waals surface area (Å²) in [5.74, 6) is 0. The number of nitrogens with one attached hydrogen (secondary N) is 1. The molecule has 2 radical (unpaired) electrons. The molecule has 0 aromatic heterocycles. The van der Waals surface area contributed by atoms with Crippen LogP contribution in [0.1, 0.15) is 23.6 Å². The first kappa shape index (κ1) is 9.57. The summed E-state index contributed by atoms with van der Waals surface area (Å²) in [5, 5.41) is 0. The zero-order valence-corrected chi connectivity index (χ0v) is 9.86. The second-order valence-electron chi connectivity index (χ2n) is 4.44. The second kappa shape index (κ2) is 3.74. The highest BCUT2D eigenvalue weighted by atomic mass is 28.2. The lowest BCUT2D eigenvalue weighted by Crippen LogP contribution is -2.33. The minimum Gasteiger partial charge on any atom is -0.376 e. The molecule has 3 heteroatoms. The Morgan fingerprint density at radius 3 is 3.20 bits per heavy atom. The Balaban J connectivity index is 1.91. The van der Waals surface area contributed by atoms with Gasteiger partial charge in [0.05, 0.1) is 12.7 Å². The molecule has 1 aromatic rings. The van der Waals surface area contributed by atoms with Crippen LogP contribution in [0.15, 0.2) is 24.3 Å². The van der Waals surface area contributed by atoms with Crippen LogP contribution in [0.3, 0.4) is 0 Å². The first-order valence-corrected chi connectivity index (χ1v) is 6.63. The number of rotatable bonds is 0. The molecule has 15 heavy (non-hydrogen) atoms. The Morgan fingerprint density at radius 2 is 2.27 bits per heavy atom. The lowest BCUT2D eigenvalue weighted by atomic mass is 10.1. The van der Waals surface area contributed by atoms with Gasteiger partial charge in [-0.25, -0.2) is 0 Å². The van der Waals surface area contributed by atoms with E-state index in [9.17, 15) is 0 Å². The molecule has 0 bridgehead atoms. The highest BCUT2D eigenvalue weighted by Crippen LogP contribution is 2.34. The summed E-state index contributed by atoms with van der Waals surface area (Å²) in [5.41, 5.74) is 3.57. The van der Waals surface area contributed by atoms with Crippen LogP contribution in [0.4, 0.5) is 0 Å². The molecule has 1 aromatic carbocycles. The predicted molar refractivity (Wildman–Crippen MR) is 61.0 cm³/mol. The van der Waals surface area contributed by atoms with E-state index in [1.54, 1.807) is 0 Å². The fraction of sp³-hybridized carbons (Fsp3) is 0.500. The van der Waals surface area contributed by atoms with Crippen LogP contribution < -0.4 is 4.98 Å². The first-order chi connectivity index (χ1) is 7.34. The molecule has 1 N–H and O–H groups in total. The summed E-state index contributed by atoms with van der Waals surface area (Å²) < 4.78 is 5.97. The van der Waals surface area contributed by atoms with Gasteiger partial charge < -0.3 is 9.72 Å². The summed E-state index contributed by atoms with van der Waals surface area (Å²) in [7, 11) is 0.801. The van der Waals surface area contributed by atoms with Crippen LogP contribution in [0.25, 0.3) is 0 Å². The molecule has 0 unspecified atom stereocenters. The molecule has 1 aliphatic carbocycles. The van der Waals surface area contributed by atoms with Gasteiger partial charge in [-0.15, -0.1) is 0 Å². The minimum atomic E-state index is 0.415. The molecule has 0 saturated carbocycles. The summed E-state index contributed by atoms with van der Waals surface area (Å²) in [6.45, 7) is 3.04. The number of hydrogen-bond acceptors (Lipinski definition) is 2. The number of hydrogen-bond donors (Lipinski definition) is 1. The molecular weight excluding hydrogens is 202 g/mol. The van der Waals surface area contributed by atoms with Gasteiger partial charge in [-0.05, 0) is 24.5 Å². The van der Waals surface area contributed by atoms with E-state index in [4.69, 9.17) is 4.74 Å². The van der Waals surface area contributed by atoms with Gasteiger partial charge in [0.2, 0.25) is 0 Å². The lowest BCUT2D eigenvalue weighted by molar-refractivity contribution is 0.0546. The Labute approximate surface area is 92.9 Å². The van der Waals surface area contributed by atoms with E-state index >= 15 is 0 Å². The van der Waals surface area contributed by atoms with Gasteiger partial charge >= 0.3 is 0 Å². The lowest BCUT2D eigenvalue weighted by Gasteiger charge is -2.15. The number of fused-ring (bicyclic) bond motifs is 3. The van der Waals surface area contributed by atoms with Crippen LogP contribution >= 0.6 is 0 Å².